The number of aliphatic hydroxyl groups is 1. The summed E-state index contributed by atoms with van der Waals surface area (Å²) in [5.74, 6) is -4.20. The first-order valence-electron chi connectivity index (χ1n) is 8.89. The second-order valence-electron chi connectivity index (χ2n) is 7.32. The van der Waals surface area contributed by atoms with Gasteiger partial charge in [-0.1, -0.05) is 0 Å². The van der Waals surface area contributed by atoms with E-state index in [1.54, 1.807) is 6.92 Å². The normalized spacial score (nSPS) is 26.0. The van der Waals surface area contributed by atoms with E-state index >= 15 is 0 Å². The highest BCUT2D eigenvalue weighted by atomic mass is 16.7. The van der Waals surface area contributed by atoms with Crippen LogP contribution in [-0.2, 0) is 14.9 Å². The van der Waals surface area contributed by atoms with Crippen molar-refractivity contribution in [3.05, 3.63) is 28.0 Å². The number of carbonyl (C=O) groups is 2. The van der Waals surface area contributed by atoms with Crippen LogP contribution in [0.5, 0.6) is 17.2 Å². The molecular formula is C20H23NO7. The third kappa shape index (κ3) is 2.18. The van der Waals surface area contributed by atoms with E-state index in [-0.39, 0.29) is 46.8 Å². The zero-order chi connectivity index (χ0) is 21.2. The number of hydrogen-bond donors (Lipinski definition) is 4. The van der Waals surface area contributed by atoms with Gasteiger partial charge in [-0.2, -0.15) is 0 Å². The molecule has 2 unspecified atom stereocenters. The number of Topliss-reactive ketones (excluding diaryl/α,β-unsaturated/α-hetero) is 2. The Morgan fingerprint density at radius 2 is 1.86 bits per heavy atom. The van der Waals surface area contributed by atoms with Gasteiger partial charge >= 0.3 is 0 Å². The molecule has 1 aromatic rings. The first kappa shape index (κ1) is 19.9. The van der Waals surface area contributed by atoms with E-state index in [0.29, 0.717) is 0 Å². The first-order chi connectivity index (χ1) is 12.9. The Hall–Kier alpha value is -2.87. The van der Waals surface area contributed by atoms with Gasteiger partial charge in [0.15, 0.2) is 11.6 Å². The maximum absolute atomic E-state index is 12.7. The lowest BCUT2D eigenvalue weighted by Gasteiger charge is -2.44. The summed E-state index contributed by atoms with van der Waals surface area (Å²) in [6.07, 6.45) is -0.309. The second-order valence-corrected chi connectivity index (χ2v) is 7.32. The van der Waals surface area contributed by atoms with E-state index in [1.807, 2.05) is 0 Å². The third-order valence-electron chi connectivity index (χ3n) is 5.65. The maximum atomic E-state index is 12.7. The van der Waals surface area contributed by atoms with E-state index in [0.717, 1.165) is 0 Å². The number of allylic oxidation sites excluding steroid dienone is 1. The molecule has 2 atom stereocenters. The molecule has 2 aliphatic rings. The number of carbonyl (C=O) groups excluding carboxylic acids is 2. The number of ether oxygens (including phenoxy) is 2. The maximum Gasteiger partial charge on any atom is 0.234 e. The number of aliphatic hydroxyl groups excluding tert-OH is 1. The molecule has 0 spiro atoms. The number of hydrogen-bond acceptors (Lipinski definition) is 8. The summed E-state index contributed by atoms with van der Waals surface area (Å²) in [5, 5.41) is 40.3. The predicted octanol–water partition coefficient (Wildman–Crippen LogP) is 2.82. The SMILES string of the molecule is CCOC12CC(=O)C(C(C)=N)=C(O)C1(C)c1c(O)c(C(C)=O)c(O)c(C)c1O2. The molecule has 28 heavy (non-hydrogen) atoms. The molecule has 0 saturated heterocycles. The van der Waals surface area contributed by atoms with Crippen LogP contribution in [0.2, 0.25) is 0 Å². The number of fused-ring (bicyclic) bond motifs is 3. The van der Waals surface area contributed by atoms with Gasteiger partial charge in [0.25, 0.3) is 0 Å². The van der Waals surface area contributed by atoms with Crippen molar-refractivity contribution in [2.24, 2.45) is 0 Å². The average molecular weight is 389 g/mol. The van der Waals surface area contributed by atoms with Crippen molar-refractivity contribution >= 4 is 17.3 Å². The zero-order valence-corrected chi connectivity index (χ0v) is 16.4. The predicted molar refractivity (Wildman–Crippen MR) is 99.5 cm³/mol. The van der Waals surface area contributed by atoms with E-state index in [2.05, 4.69) is 0 Å². The number of ketones is 2. The van der Waals surface area contributed by atoms with Crippen LogP contribution < -0.4 is 4.74 Å². The first-order valence-corrected chi connectivity index (χ1v) is 8.89. The van der Waals surface area contributed by atoms with E-state index in [4.69, 9.17) is 14.9 Å². The van der Waals surface area contributed by atoms with Gasteiger partial charge in [0, 0.05) is 17.9 Å². The number of phenols is 2. The van der Waals surface area contributed by atoms with E-state index < -0.39 is 40.0 Å². The largest absolute Gasteiger partial charge is 0.510 e. The lowest BCUT2D eigenvalue weighted by atomic mass is 9.66. The number of aromatic hydroxyl groups is 2. The van der Waals surface area contributed by atoms with Crippen molar-refractivity contribution in [1.82, 2.24) is 0 Å². The summed E-state index contributed by atoms with van der Waals surface area (Å²) >= 11 is 0. The number of rotatable bonds is 4. The van der Waals surface area contributed by atoms with Gasteiger partial charge < -0.3 is 30.2 Å². The van der Waals surface area contributed by atoms with Gasteiger partial charge in [-0.3, -0.25) is 9.59 Å². The van der Waals surface area contributed by atoms with Crippen LogP contribution in [0.1, 0.15) is 55.6 Å². The van der Waals surface area contributed by atoms with Crippen molar-refractivity contribution in [1.29, 1.82) is 5.41 Å². The Morgan fingerprint density at radius 3 is 2.36 bits per heavy atom. The van der Waals surface area contributed by atoms with Crippen LogP contribution in [0.3, 0.4) is 0 Å². The molecule has 8 heteroatoms. The molecule has 8 nitrogen and oxygen atoms in total. The summed E-state index contributed by atoms with van der Waals surface area (Å²) < 4.78 is 11.8. The highest BCUT2D eigenvalue weighted by Crippen LogP contribution is 2.63. The number of benzene rings is 1. The second kappa shape index (κ2) is 6.07. The Bertz CT molecular complexity index is 978. The number of nitrogens with one attached hydrogen (secondary N) is 1. The molecule has 0 saturated carbocycles. The fraction of sp³-hybridized carbons (Fsp3) is 0.450. The minimum Gasteiger partial charge on any atom is -0.510 e. The summed E-state index contributed by atoms with van der Waals surface area (Å²) in [6, 6.07) is 0. The van der Waals surface area contributed by atoms with Crippen molar-refractivity contribution in [3.8, 4) is 17.2 Å². The van der Waals surface area contributed by atoms with Gasteiger partial charge in [0.1, 0.15) is 34.0 Å². The van der Waals surface area contributed by atoms with Gasteiger partial charge in [0.05, 0.1) is 17.6 Å². The number of phenolic OH excluding ortho intramolecular Hbond substituents is 2. The molecule has 150 valence electrons. The minimum atomic E-state index is -1.69. The highest BCUT2D eigenvalue weighted by Gasteiger charge is 2.67. The quantitative estimate of drug-likeness (QED) is 0.459. The summed E-state index contributed by atoms with van der Waals surface area (Å²) in [7, 11) is 0. The summed E-state index contributed by atoms with van der Waals surface area (Å²) in [5.41, 5.74) is -1.96. The van der Waals surface area contributed by atoms with Crippen molar-refractivity contribution in [2.75, 3.05) is 6.61 Å². The Kier molecular flexibility index (Phi) is 4.31. The fourth-order valence-electron chi connectivity index (χ4n) is 4.25. The molecule has 1 heterocycles. The highest BCUT2D eigenvalue weighted by molar-refractivity contribution is 6.22. The van der Waals surface area contributed by atoms with Crippen LogP contribution >= 0.6 is 0 Å². The van der Waals surface area contributed by atoms with Crippen molar-refractivity contribution < 1.29 is 34.4 Å². The molecular weight excluding hydrogens is 366 g/mol. The van der Waals surface area contributed by atoms with Crippen LogP contribution in [0.4, 0.5) is 0 Å². The molecule has 1 aromatic carbocycles. The Labute approximate surface area is 161 Å². The van der Waals surface area contributed by atoms with Crippen LogP contribution in [-0.4, -0.2) is 45.0 Å². The van der Waals surface area contributed by atoms with Gasteiger partial charge in [0.2, 0.25) is 5.79 Å². The lowest BCUT2D eigenvalue weighted by Crippen LogP contribution is -2.58. The molecule has 0 amide bonds. The fourth-order valence-corrected chi connectivity index (χ4v) is 4.25. The monoisotopic (exact) mass is 389 g/mol. The van der Waals surface area contributed by atoms with Crippen LogP contribution in [0, 0.1) is 12.3 Å². The molecule has 4 N–H and O–H groups in total. The molecule has 0 aromatic heterocycles. The topological polar surface area (TPSA) is 137 Å². The average Bonchev–Trinajstić information content (AvgIpc) is 2.83. The molecule has 0 bridgehead atoms. The van der Waals surface area contributed by atoms with Crippen molar-refractivity contribution in [2.45, 2.75) is 52.2 Å². The van der Waals surface area contributed by atoms with Crippen LogP contribution in [0.25, 0.3) is 0 Å². The van der Waals surface area contributed by atoms with Gasteiger partial charge in [-0.05, 0) is 34.6 Å². The lowest BCUT2D eigenvalue weighted by molar-refractivity contribution is -0.211. The smallest absolute Gasteiger partial charge is 0.234 e. The van der Waals surface area contributed by atoms with E-state index in [9.17, 15) is 24.9 Å². The standard InChI is InChI=1S/C20H23NO7/c1-6-27-20-7-11(23)12(9(3)21)18(26)19(20,5)14-16(25)13(10(4)22)15(24)8(2)17(14)28-20/h21,24-26H,6-7H2,1-5H3. The summed E-state index contributed by atoms with van der Waals surface area (Å²) in [6.45, 7) is 7.43. The van der Waals surface area contributed by atoms with Crippen LogP contribution in [0.15, 0.2) is 11.3 Å². The summed E-state index contributed by atoms with van der Waals surface area (Å²) in [4.78, 5) is 24.7. The third-order valence-corrected chi connectivity index (χ3v) is 5.65. The molecule has 1 aliphatic carbocycles. The van der Waals surface area contributed by atoms with Crippen molar-refractivity contribution in [3.63, 3.8) is 0 Å². The van der Waals surface area contributed by atoms with Gasteiger partial charge in [-0.15, -0.1) is 0 Å². The minimum absolute atomic E-state index is 0.0409. The molecule has 3 rings (SSSR count). The molecule has 1 aliphatic heterocycles. The molecule has 0 fully saturated rings. The van der Waals surface area contributed by atoms with Gasteiger partial charge in [-0.25, -0.2) is 0 Å². The Balaban J connectivity index is 2.50. The Morgan fingerprint density at radius 1 is 1.25 bits per heavy atom. The van der Waals surface area contributed by atoms with E-state index in [1.165, 1.54) is 27.7 Å². The zero-order valence-electron chi connectivity index (χ0n) is 16.4. The molecule has 0 radical (unpaired) electrons.